The number of rotatable bonds is 6. The van der Waals surface area contributed by atoms with Crippen LogP contribution in [0.2, 0.25) is 0 Å². The number of hydrogen-bond acceptors (Lipinski definition) is 4. The van der Waals surface area contributed by atoms with Gasteiger partial charge in [-0.05, 0) is 31.3 Å². The van der Waals surface area contributed by atoms with Crippen molar-refractivity contribution in [3.8, 4) is 0 Å². The van der Waals surface area contributed by atoms with Crippen molar-refractivity contribution in [1.29, 1.82) is 0 Å². The van der Waals surface area contributed by atoms with Crippen LogP contribution >= 0.6 is 12.2 Å². The Kier molecular flexibility index (Phi) is 5.05. The fourth-order valence-corrected chi connectivity index (χ4v) is 2.12. The molecule has 0 spiro atoms. The van der Waals surface area contributed by atoms with Crippen LogP contribution in [0, 0.1) is 10.6 Å². The van der Waals surface area contributed by atoms with Crippen LogP contribution in [-0.2, 0) is 4.74 Å². The highest BCUT2D eigenvalue weighted by Crippen LogP contribution is 2.17. The Morgan fingerprint density at radius 2 is 2.29 bits per heavy atom. The minimum atomic E-state index is -0.817. The Balaban J connectivity index is 2.14. The second-order valence-electron chi connectivity index (χ2n) is 4.48. The first-order chi connectivity index (χ1) is 10.0. The first-order valence-electron chi connectivity index (χ1n) is 6.46. The fraction of sp³-hybridized carbons (Fsp3) is 0.385. The van der Waals surface area contributed by atoms with E-state index in [1.165, 1.54) is 6.07 Å². The van der Waals surface area contributed by atoms with E-state index in [0.717, 1.165) is 6.07 Å². The summed E-state index contributed by atoms with van der Waals surface area (Å²) in [5.41, 5.74) is 0.971. The molecule has 0 saturated heterocycles. The summed E-state index contributed by atoms with van der Waals surface area (Å²) in [4.78, 5) is 17.7. The predicted molar refractivity (Wildman–Crippen MR) is 78.3 cm³/mol. The van der Waals surface area contributed by atoms with Gasteiger partial charge >= 0.3 is 0 Å². The van der Waals surface area contributed by atoms with Crippen molar-refractivity contribution in [2.75, 3.05) is 19.8 Å². The number of H-pyrrole nitrogens is 2. The molecule has 2 aromatic rings. The Morgan fingerprint density at radius 3 is 3.00 bits per heavy atom. The predicted octanol–water partition coefficient (Wildman–Crippen LogP) is 1.49. The molecule has 8 heteroatoms. The molecular formula is C13H16FN3O3S. The maximum Gasteiger partial charge on any atom is 0.253 e. The molecular weight excluding hydrogens is 297 g/mol. The Morgan fingerprint density at radius 1 is 1.52 bits per heavy atom. The lowest BCUT2D eigenvalue weighted by atomic mass is 10.1. The third kappa shape index (κ3) is 3.87. The highest BCUT2D eigenvalue weighted by atomic mass is 32.1. The van der Waals surface area contributed by atoms with E-state index in [4.69, 9.17) is 17.0 Å². The van der Waals surface area contributed by atoms with E-state index in [1.807, 2.05) is 6.92 Å². The smallest absolute Gasteiger partial charge is 0.253 e. The van der Waals surface area contributed by atoms with Crippen molar-refractivity contribution in [3.63, 3.8) is 0 Å². The first kappa shape index (κ1) is 15.6. The second kappa shape index (κ2) is 6.79. The van der Waals surface area contributed by atoms with E-state index in [0.29, 0.717) is 22.4 Å². The zero-order chi connectivity index (χ0) is 15.4. The van der Waals surface area contributed by atoms with Crippen molar-refractivity contribution in [1.82, 2.24) is 15.3 Å². The number of aliphatic hydroxyl groups is 1. The number of benzene rings is 1. The normalized spacial score (nSPS) is 12.5. The Hall–Kier alpha value is -1.77. The minimum absolute atomic E-state index is 0.0159. The lowest BCUT2D eigenvalue weighted by Gasteiger charge is -2.12. The number of halogens is 1. The van der Waals surface area contributed by atoms with E-state index >= 15 is 0 Å². The van der Waals surface area contributed by atoms with Crippen LogP contribution in [0.5, 0.6) is 0 Å². The number of carbonyl (C=O) groups is 1. The number of carbonyl (C=O) groups excluding carboxylic acids is 1. The van der Waals surface area contributed by atoms with Gasteiger partial charge in [-0.1, -0.05) is 0 Å². The van der Waals surface area contributed by atoms with Crippen molar-refractivity contribution in [2.24, 2.45) is 0 Å². The van der Waals surface area contributed by atoms with Gasteiger partial charge in [-0.3, -0.25) is 4.79 Å². The maximum atomic E-state index is 13.5. The molecule has 6 nitrogen and oxygen atoms in total. The van der Waals surface area contributed by atoms with Gasteiger partial charge in [0, 0.05) is 13.2 Å². The molecule has 0 saturated carbocycles. The van der Waals surface area contributed by atoms with Crippen LogP contribution in [0.25, 0.3) is 11.0 Å². The molecule has 4 N–H and O–H groups in total. The van der Waals surface area contributed by atoms with Gasteiger partial charge < -0.3 is 25.1 Å². The number of fused-ring (bicyclic) bond motifs is 1. The third-order valence-electron chi connectivity index (χ3n) is 2.85. The van der Waals surface area contributed by atoms with Crippen LogP contribution in [0.3, 0.4) is 0 Å². The molecule has 0 aliphatic carbocycles. The summed E-state index contributed by atoms with van der Waals surface area (Å²) in [6.07, 6.45) is -0.817. The van der Waals surface area contributed by atoms with Crippen LogP contribution in [-0.4, -0.2) is 46.8 Å². The number of hydrogen-bond donors (Lipinski definition) is 4. The van der Waals surface area contributed by atoms with Crippen LogP contribution in [0.1, 0.15) is 17.3 Å². The number of nitrogens with one attached hydrogen (secondary N) is 3. The van der Waals surface area contributed by atoms with Crippen molar-refractivity contribution >= 4 is 29.2 Å². The number of amides is 1. The van der Waals surface area contributed by atoms with Crippen molar-refractivity contribution in [2.45, 2.75) is 13.0 Å². The fourth-order valence-electron chi connectivity index (χ4n) is 1.90. The zero-order valence-electron chi connectivity index (χ0n) is 11.4. The molecule has 1 aromatic carbocycles. The average molecular weight is 313 g/mol. The molecule has 0 bridgehead atoms. The van der Waals surface area contributed by atoms with Crippen LogP contribution < -0.4 is 5.32 Å². The molecule has 1 aromatic heterocycles. The maximum absolute atomic E-state index is 13.5. The minimum Gasteiger partial charge on any atom is -0.389 e. The molecule has 0 radical (unpaired) electrons. The summed E-state index contributed by atoms with van der Waals surface area (Å²) in [5, 5.41) is 12.1. The number of aliphatic hydroxyl groups excluding tert-OH is 1. The average Bonchev–Trinajstić information content (AvgIpc) is 2.81. The number of imidazole rings is 1. The van der Waals surface area contributed by atoms with E-state index in [9.17, 15) is 14.3 Å². The number of aromatic amines is 2. The summed E-state index contributed by atoms with van der Waals surface area (Å²) in [6, 6.07) is 2.37. The molecule has 21 heavy (non-hydrogen) atoms. The molecule has 0 fully saturated rings. The van der Waals surface area contributed by atoms with Gasteiger partial charge in [0.1, 0.15) is 5.82 Å². The quantitative estimate of drug-likeness (QED) is 0.608. The molecule has 0 aliphatic heterocycles. The van der Waals surface area contributed by atoms with Crippen LogP contribution in [0.4, 0.5) is 4.39 Å². The highest BCUT2D eigenvalue weighted by Gasteiger charge is 2.15. The standard InChI is InChI=1S/C13H16FN3O3S/c1-2-20-6-8(18)5-15-12(19)9-3-7(14)4-10-11(9)17-13(21)16-10/h3-4,8,18H,2,5-6H2,1H3,(H,15,19)(H2,16,17,21). The molecule has 1 unspecified atom stereocenters. The van der Waals surface area contributed by atoms with E-state index in [-0.39, 0.29) is 18.7 Å². The van der Waals surface area contributed by atoms with Crippen molar-refractivity contribution in [3.05, 3.63) is 28.3 Å². The Bertz CT molecular complexity index is 698. The van der Waals surface area contributed by atoms with Crippen LogP contribution in [0.15, 0.2) is 12.1 Å². The van der Waals surface area contributed by atoms with Gasteiger partial charge in [0.05, 0.1) is 29.3 Å². The second-order valence-corrected chi connectivity index (χ2v) is 4.89. The molecule has 0 aliphatic rings. The number of ether oxygens (including phenoxy) is 1. The summed E-state index contributed by atoms with van der Waals surface area (Å²) < 4.78 is 18.9. The summed E-state index contributed by atoms with van der Waals surface area (Å²) in [5.74, 6) is -1.05. The van der Waals surface area contributed by atoms with Gasteiger partial charge in [0.15, 0.2) is 4.77 Å². The van der Waals surface area contributed by atoms with Gasteiger partial charge in [0.2, 0.25) is 0 Å². The lowest BCUT2D eigenvalue weighted by Crippen LogP contribution is -2.34. The van der Waals surface area contributed by atoms with Gasteiger partial charge in [-0.25, -0.2) is 4.39 Å². The highest BCUT2D eigenvalue weighted by molar-refractivity contribution is 7.71. The summed E-state index contributed by atoms with van der Waals surface area (Å²) in [6.45, 7) is 2.43. The van der Waals surface area contributed by atoms with Gasteiger partial charge in [0.25, 0.3) is 5.91 Å². The van der Waals surface area contributed by atoms with Gasteiger partial charge in [-0.2, -0.15) is 0 Å². The molecule has 1 atom stereocenters. The third-order valence-corrected chi connectivity index (χ3v) is 3.05. The lowest BCUT2D eigenvalue weighted by molar-refractivity contribution is 0.0418. The summed E-state index contributed by atoms with van der Waals surface area (Å²) in [7, 11) is 0. The van der Waals surface area contributed by atoms with Gasteiger partial charge in [-0.15, -0.1) is 0 Å². The van der Waals surface area contributed by atoms with E-state index in [2.05, 4.69) is 15.3 Å². The SMILES string of the molecule is CCOCC(O)CNC(=O)c1cc(F)cc2[nH]c(=S)[nH]c12. The topological polar surface area (TPSA) is 90.1 Å². The van der Waals surface area contributed by atoms with Crippen molar-refractivity contribution < 1.29 is 19.0 Å². The molecule has 2 rings (SSSR count). The number of aromatic nitrogens is 2. The molecule has 1 heterocycles. The largest absolute Gasteiger partial charge is 0.389 e. The first-order valence-corrected chi connectivity index (χ1v) is 6.87. The Labute approximate surface area is 125 Å². The molecule has 114 valence electrons. The summed E-state index contributed by atoms with van der Waals surface area (Å²) >= 11 is 4.93. The van der Waals surface area contributed by atoms with E-state index < -0.39 is 17.8 Å². The molecule has 1 amide bonds. The monoisotopic (exact) mass is 313 g/mol. The zero-order valence-corrected chi connectivity index (χ0v) is 12.2. The van der Waals surface area contributed by atoms with E-state index in [1.54, 1.807) is 0 Å².